The second-order valence-corrected chi connectivity index (χ2v) is 8.08. The van der Waals surface area contributed by atoms with Gasteiger partial charge in [0.1, 0.15) is 6.10 Å². The van der Waals surface area contributed by atoms with Crippen molar-refractivity contribution < 1.29 is 27.6 Å². The van der Waals surface area contributed by atoms with E-state index in [9.17, 15) is 14.2 Å². The number of H-pyrrole nitrogens is 1. The highest BCUT2D eigenvalue weighted by molar-refractivity contribution is 7.49. The molecule has 0 aliphatic carbocycles. The van der Waals surface area contributed by atoms with Gasteiger partial charge in [-0.3, -0.25) is 23.4 Å². The van der Waals surface area contributed by atoms with E-state index in [-0.39, 0.29) is 13.2 Å². The SMILES string of the molecule is COc1cccc2c1O[P@@](=O)(OC[C@@H]1C=C[C@H](n3cc(C)c(=O)[nH]c3=O)O1)OC2. The molecule has 3 atom stereocenters. The minimum Gasteiger partial charge on any atom is -0.493 e. The number of hydrogen-bond donors (Lipinski definition) is 1. The van der Waals surface area contributed by atoms with Gasteiger partial charge in [0, 0.05) is 17.3 Å². The Hall–Kier alpha value is -2.65. The van der Waals surface area contributed by atoms with Gasteiger partial charge in [-0.25, -0.2) is 9.36 Å². The highest BCUT2D eigenvalue weighted by Gasteiger charge is 2.37. The molecule has 0 radical (unpaired) electrons. The molecule has 154 valence electrons. The van der Waals surface area contributed by atoms with E-state index in [0.717, 1.165) is 0 Å². The van der Waals surface area contributed by atoms with Crippen LogP contribution in [0.3, 0.4) is 0 Å². The van der Waals surface area contributed by atoms with E-state index in [1.807, 2.05) is 0 Å². The number of nitrogens with one attached hydrogen (secondary N) is 1. The molecule has 1 aromatic heterocycles. The highest BCUT2D eigenvalue weighted by Crippen LogP contribution is 2.56. The Bertz CT molecular complexity index is 1110. The molecule has 29 heavy (non-hydrogen) atoms. The van der Waals surface area contributed by atoms with Crippen molar-refractivity contribution in [3.8, 4) is 11.5 Å². The molecule has 10 nitrogen and oxygen atoms in total. The first kappa shape index (κ1) is 19.7. The van der Waals surface area contributed by atoms with Gasteiger partial charge < -0.3 is 14.0 Å². The summed E-state index contributed by atoms with van der Waals surface area (Å²) in [4.78, 5) is 25.7. The summed E-state index contributed by atoms with van der Waals surface area (Å²) < 4.78 is 41.2. The first-order valence-corrected chi connectivity index (χ1v) is 10.2. The molecular formula is C18H19N2O8P. The van der Waals surface area contributed by atoms with Gasteiger partial charge in [0.2, 0.25) is 0 Å². The molecule has 2 aromatic rings. The maximum absolute atomic E-state index is 12.8. The average molecular weight is 422 g/mol. The quantitative estimate of drug-likeness (QED) is 0.575. The topological polar surface area (TPSA) is 118 Å². The predicted octanol–water partition coefficient (Wildman–Crippen LogP) is 2.04. The van der Waals surface area contributed by atoms with Crippen molar-refractivity contribution in [3.05, 3.63) is 68.5 Å². The smallest absolute Gasteiger partial charge is 0.493 e. The number of ether oxygens (including phenoxy) is 2. The molecule has 0 fully saturated rings. The molecule has 2 aliphatic rings. The Morgan fingerprint density at radius 3 is 2.93 bits per heavy atom. The monoisotopic (exact) mass is 422 g/mol. The third-order valence-corrected chi connectivity index (χ3v) is 5.80. The summed E-state index contributed by atoms with van der Waals surface area (Å²) in [5, 5.41) is 0. The highest BCUT2D eigenvalue weighted by atomic mass is 31.2. The standard InChI is InChI=1S/C18H19N2O8P/c1-11-8-20(18(22)19-17(11)21)15-7-6-13(27-15)10-26-29(23)25-9-12-4-3-5-14(24-2)16(12)28-29/h3-8,13,15H,9-10H2,1-2H3,(H,19,21,22)/t13-,15+,29+/m0/s1. The number of para-hydroxylation sites is 1. The first-order valence-electron chi connectivity index (χ1n) is 8.79. The zero-order valence-electron chi connectivity index (χ0n) is 15.7. The van der Waals surface area contributed by atoms with Gasteiger partial charge >= 0.3 is 13.5 Å². The number of rotatable bonds is 5. The van der Waals surface area contributed by atoms with E-state index < -0.39 is 31.4 Å². The third kappa shape index (κ3) is 3.92. The fourth-order valence-electron chi connectivity index (χ4n) is 2.97. The lowest BCUT2D eigenvalue weighted by molar-refractivity contribution is -0.0131. The minimum atomic E-state index is -3.86. The molecule has 2 aliphatic heterocycles. The van der Waals surface area contributed by atoms with Gasteiger partial charge in [-0.2, -0.15) is 0 Å². The summed E-state index contributed by atoms with van der Waals surface area (Å²) in [6, 6.07) is 5.24. The van der Waals surface area contributed by atoms with Crippen molar-refractivity contribution in [1.82, 2.24) is 9.55 Å². The fourth-order valence-corrected chi connectivity index (χ4v) is 4.21. The van der Waals surface area contributed by atoms with Crippen LogP contribution >= 0.6 is 7.82 Å². The second kappa shape index (κ2) is 7.64. The summed E-state index contributed by atoms with van der Waals surface area (Å²) in [5.41, 5.74) is 0.0347. The molecule has 4 rings (SSSR count). The van der Waals surface area contributed by atoms with Gasteiger partial charge in [-0.05, 0) is 19.1 Å². The van der Waals surface area contributed by atoms with E-state index in [0.29, 0.717) is 22.6 Å². The lowest BCUT2D eigenvalue weighted by Crippen LogP contribution is -2.33. The van der Waals surface area contributed by atoms with Crippen LogP contribution in [0.5, 0.6) is 11.5 Å². The van der Waals surface area contributed by atoms with Crippen LogP contribution in [0.1, 0.15) is 17.4 Å². The summed E-state index contributed by atoms with van der Waals surface area (Å²) >= 11 is 0. The fraction of sp³-hybridized carbons (Fsp3) is 0.333. The third-order valence-electron chi connectivity index (χ3n) is 4.48. The van der Waals surface area contributed by atoms with Crippen molar-refractivity contribution in [2.75, 3.05) is 13.7 Å². The summed E-state index contributed by atoms with van der Waals surface area (Å²) in [6.07, 6.45) is 3.42. The number of benzene rings is 1. The number of hydrogen-bond acceptors (Lipinski definition) is 8. The van der Waals surface area contributed by atoms with Gasteiger partial charge in [0.05, 0.1) is 20.3 Å². The van der Waals surface area contributed by atoms with Crippen molar-refractivity contribution in [2.24, 2.45) is 0 Å². The summed E-state index contributed by atoms with van der Waals surface area (Å²) in [6.45, 7) is 1.52. The molecule has 0 saturated heterocycles. The molecule has 11 heteroatoms. The molecule has 0 spiro atoms. The molecule has 0 saturated carbocycles. The molecule has 1 aromatic carbocycles. The molecule has 3 heterocycles. The van der Waals surface area contributed by atoms with E-state index in [4.69, 9.17) is 23.0 Å². The maximum Gasteiger partial charge on any atom is 0.530 e. The zero-order valence-corrected chi connectivity index (χ0v) is 16.6. The van der Waals surface area contributed by atoms with E-state index >= 15 is 0 Å². The number of phosphoric acid groups is 1. The molecule has 1 N–H and O–H groups in total. The Morgan fingerprint density at radius 2 is 2.14 bits per heavy atom. The lowest BCUT2D eigenvalue weighted by atomic mass is 10.2. The number of aromatic amines is 1. The number of aromatic nitrogens is 2. The predicted molar refractivity (Wildman–Crippen MR) is 101 cm³/mol. The lowest BCUT2D eigenvalue weighted by Gasteiger charge is -2.26. The van der Waals surface area contributed by atoms with Gasteiger partial charge in [0.15, 0.2) is 17.7 Å². The number of nitrogens with zero attached hydrogens (tertiary/aromatic N) is 1. The molecule has 0 amide bonds. The summed E-state index contributed by atoms with van der Waals surface area (Å²) in [7, 11) is -2.38. The number of aryl methyl sites for hydroxylation is 1. The average Bonchev–Trinajstić information content (AvgIpc) is 3.17. The van der Waals surface area contributed by atoms with Crippen LogP contribution in [0, 0.1) is 6.92 Å². The van der Waals surface area contributed by atoms with Gasteiger partial charge in [-0.1, -0.05) is 18.2 Å². The number of fused-ring (bicyclic) bond motifs is 1. The molecule has 0 bridgehead atoms. The van der Waals surface area contributed by atoms with Crippen LogP contribution in [0.25, 0.3) is 0 Å². The van der Waals surface area contributed by atoms with E-state index in [1.54, 1.807) is 37.3 Å². The van der Waals surface area contributed by atoms with Gasteiger partial charge in [0.25, 0.3) is 5.56 Å². The van der Waals surface area contributed by atoms with E-state index in [2.05, 4.69) is 4.98 Å². The van der Waals surface area contributed by atoms with Crippen LogP contribution in [0.4, 0.5) is 0 Å². The van der Waals surface area contributed by atoms with Crippen LogP contribution < -0.4 is 20.5 Å². The largest absolute Gasteiger partial charge is 0.530 e. The van der Waals surface area contributed by atoms with Crippen molar-refractivity contribution in [3.63, 3.8) is 0 Å². The minimum absolute atomic E-state index is 0.0554. The van der Waals surface area contributed by atoms with Crippen LogP contribution in [-0.4, -0.2) is 29.4 Å². The van der Waals surface area contributed by atoms with Crippen molar-refractivity contribution >= 4 is 7.82 Å². The van der Waals surface area contributed by atoms with Crippen molar-refractivity contribution in [2.45, 2.75) is 25.9 Å². The second-order valence-electron chi connectivity index (χ2n) is 6.48. The Kier molecular flexibility index (Phi) is 5.18. The van der Waals surface area contributed by atoms with Crippen LogP contribution in [0.2, 0.25) is 0 Å². The Balaban J connectivity index is 1.41. The molecule has 0 unspecified atom stereocenters. The van der Waals surface area contributed by atoms with Crippen LogP contribution in [0.15, 0.2) is 46.1 Å². The Labute approximate surface area is 165 Å². The number of phosphoric ester groups is 1. The maximum atomic E-state index is 12.8. The first-order chi connectivity index (χ1) is 13.9. The molecular weight excluding hydrogens is 403 g/mol. The summed E-state index contributed by atoms with van der Waals surface area (Å²) in [5.74, 6) is 0.750. The number of methoxy groups -OCH3 is 1. The van der Waals surface area contributed by atoms with Crippen LogP contribution in [-0.2, 0) is 25.0 Å². The van der Waals surface area contributed by atoms with E-state index in [1.165, 1.54) is 17.9 Å². The zero-order chi connectivity index (χ0) is 20.6. The normalized spacial score (nSPS) is 25.4. The van der Waals surface area contributed by atoms with Crippen molar-refractivity contribution in [1.29, 1.82) is 0 Å². The van der Waals surface area contributed by atoms with Gasteiger partial charge in [-0.15, -0.1) is 0 Å². The Morgan fingerprint density at radius 1 is 1.31 bits per heavy atom.